The van der Waals surface area contributed by atoms with Crippen molar-refractivity contribution in [3.63, 3.8) is 0 Å². The van der Waals surface area contributed by atoms with Gasteiger partial charge in [0.05, 0.1) is 10.1 Å². The molecule has 1 aromatic carbocycles. The van der Waals surface area contributed by atoms with Crippen LogP contribution in [0.4, 0.5) is 5.69 Å². The van der Waals surface area contributed by atoms with Gasteiger partial charge in [0.2, 0.25) is 15.9 Å². The number of hydrogen-bond acceptors (Lipinski definition) is 6. The van der Waals surface area contributed by atoms with Gasteiger partial charge in [-0.25, -0.2) is 8.42 Å². The molecule has 1 amide bonds. The highest BCUT2D eigenvalue weighted by molar-refractivity contribution is 8.00. The van der Waals surface area contributed by atoms with Gasteiger partial charge in [0, 0.05) is 31.2 Å². The highest BCUT2D eigenvalue weighted by Crippen LogP contribution is 2.40. The molecule has 30 heavy (non-hydrogen) atoms. The zero-order valence-electron chi connectivity index (χ0n) is 17.2. The van der Waals surface area contributed by atoms with E-state index in [4.69, 9.17) is 0 Å². The summed E-state index contributed by atoms with van der Waals surface area (Å²) in [5.41, 5.74) is 0.573. The van der Waals surface area contributed by atoms with Gasteiger partial charge in [-0.15, -0.1) is 10.2 Å². The molecule has 2 aliphatic rings. The second kappa shape index (κ2) is 8.68. The van der Waals surface area contributed by atoms with E-state index in [2.05, 4.69) is 27.0 Å². The van der Waals surface area contributed by atoms with E-state index in [1.807, 2.05) is 6.92 Å². The van der Waals surface area contributed by atoms with E-state index in [0.717, 1.165) is 43.2 Å². The number of amides is 1. The molecule has 0 unspecified atom stereocenters. The summed E-state index contributed by atoms with van der Waals surface area (Å²) >= 11 is 1.39. The predicted octanol–water partition coefficient (Wildman–Crippen LogP) is 3.08. The molecule has 8 nitrogen and oxygen atoms in total. The van der Waals surface area contributed by atoms with E-state index in [0.29, 0.717) is 24.7 Å². The summed E-state index contributed by atoms with van der Waals surface area (Å²) in [4.78, 5) is 12.9. The molecule has 2 fully saturated rings. The number of thioether (sulfide) groups is 1. The number of benzene rings is 1. The molecule has 1 aliphatic carbocycles. The Labute approximate surface area is 181 Å². The Morgan fingerprint density at radius 1 is 1.20 bits per heavy atom. The van der Waals surface area contributed by atoms with Crippen molar-refractivity contribution < 1.29 is 13.2 Å². The summed E-state index contributed by atoms with van der Waals surface area (Å²) in [7, 11) is -3.45. The maximum Gasteiger partial charge on any atom is 0.243 e. The Morgan fingerprint density at radius 3 is 2.47 bits per heavy atom. The number of carbonyl (C=O) groups excluding carboxylic acids is 1. The van der Waals surface area contributed by atoms with Crippen LogP contribution in [0.15, 0.2) is 34.3 Å². The molecular formula is C20H27N5O3S2. The van der Waals surface area contributed by atoms with Crippen LogP contribution in [0.2, 0.25) is 0 Å². The first-order valence-electron chi connectivity index (χ1n) is 10.4. The Hall–Kier alpha value is -1.91. The zero-order valence-corrected chi connectivity index (χ0v) is 18.9. The second-order valence-corrected chi connectivity index (χ2v) is 11.0. The summed E-state index contributed by atoms with van der Waals surface area (Å²) in [6.07, 6.45) is 4.11. The zero-order chi connectivity index (χ0) is 21.3. The molecule has 1 saturated heterocycles. The van der Waals surface area contributed by atoms with Gasteiger partial charge in [-0.1, -0.05) is 11.8 Å². The first-order chi connectivity index (χ1) is 14.4. The molecule has 0 spiro atoms. The number of nitrogens with one attached hydrogen (secondary N) is 1. The standard InChI is InChI=1S/C20H27N5O3S2/c1-3-25-18(15-6-7-15)22-23-20(25)29-14(2)19(26)21-16-8-10-17(11-9-16)30(27,28)24-12-4-5-13-24/h8-11,14-15H,3-7,12-13H2,1-2H3,(H,21,26)/t14-/m1/s1. The van der Waals surface area contributed by atoms with E-state index in [9.17, 15) is 13.2 Å². The SMILES string of the molecule is CCn1c(S[C@H](C)C(=O)Nc2ccc(S(=O)(=O)N3CCCC3)cc2)nnc1C1CC1. The van der Waals surface area contributed by atoms with Crippen molar-refractivity contribution in [3.05, 3.63) is 30.1 Å². The highest BCUT2D eigenvalue weighted by atomic mass is 32.2. The monoisotopic (exact) mass is 449 g/mol. The van der Waals surface area contributed by atoms with E-state index in [-0.39, 0.29) is 16.1 Å². The molecule has 0 bridgehead atoms. The van der Waals surface area contributed by atoms with Gasteiger partial charge in [0.15, 0.2) is 5.16 Å². The van der Waals surface area contributed by atoms with Gasteiger partial charge in [-0.05, 0) is 63.8 Å². The third-order valence-corrected chi connectivity index (χ3v) is 8.47. The first-order valence-corrected chi connectivity index (χ1v) is 12.7. The fraction of sp³-hybridized carbons (Fsp3) is 0.550. The number of carbonyl (C=O) groups is 1. The average molecular weight is 450 g/mol. The molecule has 1 aromatic heterocycles. The highest BCUT2D eigenvalue weighted by Gasteiger charge is 2.31. The quantitative estimate of drug-likeness (QED) is 0.622. The van der Waals surface area contributed by atoms with Crippen LogP contribution < -0.4 is 5.32 Å². The van der Waals surface area contributed by atoms with Crippen molar-refractivity contribution in [2.24, 2.45) is 0 Å². The van der Waals surface area contributed by atoms with Crippen LogP contribution in [0, 0.1) is 0 Å². The number of hydrogen-bond donors (Lipinski definition) is 1. The summed E-state index contributed by atoms with van der Waals surface area (Å²) in [5, 5.41) is 11.8. The van der Waals surface area contributed by atoms with Crippen LogP contribution in [0.25, 0.3) is 0 Å². The number of aromatic nitrogens is 3. The first kappa shape index (κ1) is 21.3. The summed E-state index contributed by atoms with van der Waals surface area (Å²) in [6, 6.07) is 6.38. The summed E-state index contributed by atoms with van der Waals surface area (Å²) in [6.45, 7) is 5.81. The predicted molar refractivity (Wildman–Crippen MR) is 116 cm³/mol. The second-order valence-electron chi connectivity index (χ2n) is 7.74. The molecule has 4 rings (SSSR count). The normalized spacial score (nSPS) is 18.5. The van der Waals surface area contributed by atoms with Gasteiger partial charge in [-0.2, -0.15) is 4.31 Å². The fourth-order valence-corrected chi connectivity index (χ4v) is 6.01. The molecule has 2 heterocycles. The Morgan fingerprint density at radius 2 is 1.87 bits per heavy atom. The average Bonchev–Trinajstić information content (AvgIpc) is 3.26. The number of sulfonamides is 1. The van der Waals surface area contributed by atoms with Crippen molar-refractivity contribution >= 4 is 33.4 Å². The topological polar surface area (TPSA) is 97.2 Å². The Bertz CT molecular complexity index is 1010. The van der Waals surface area contributed by atoms with Crippen molar-refractivity contribution in [3.8, 4) is 0 Å². The largest absolute Gasteiger partial charge is 0.325 e. The van der Waals surface area contributed by atoms with E-state index < -0.39 is 10.0 Å². The third kappa shape index (κ3) is 4.40. The van der Waals surface area contributed by atoms with Crippen LogP contribution in [-0.2, 0) is 21.4 Å². The molecule has 1 N–H and O–H groups in total. The molecule has 162 valence electrons. The van der Waals surface area contributed by atoms with Crippen LogP contribution in [0.1, 0.15) is 51.3 Å². The lowest BCUT2D eigenvalue weighted by molar-refractivity contribution is -0.115. The smallest absolute Gasteiger partial charge is 0.243 e. The molecule has 2 aromatic rings. The number of anilines is 1. The van der Waals surface area contributed by atoms with E-state index in [1.165, 1.54) is 16.1 Å². The lowest BCUT2D eigenvalue weighted by atomic mass is 10.3. The fourth-order valence-electron chi connectivity index (χ4n) is 3.57. The number of rotatable bonds is 8. The molecule has 1 saturated carbocycles. The third-order valence-electron chi connectivity index (χ3n) is 5.48. The lowest BCUT2D eigenvalue weighted by Crippen LogP contribution is -2.27. The summed E-state index contributed by atoms with van der Waals surface area (Å²) < 4.78 is 28.8. The van der Waals surface area contributed by atoms with Crippen molar-refractivity contribution in [1.82, 2.24) is 19.1 Å². The Kier molecular flexibility index (Phi) is 6.17. The molecule has 1 atom stereocenters. The van der Waals surface area contributed by atoms with Crippen LogP contribution in [0.3, 0.4) is 0 Å². The Balaban J connectivity index is 1.39. The molecule has 1 aliphatic heterocycles. The van der Waals surface area contributed by atoms with Crippen molar-refractivity contribution in [1.29, 1.82) is 0 Å². The summed E-state index contributed by atoms with van der Waals surface area (Å²) in [5.74, 6) is 1.36. The van der Waals surface area contributed by atoms with E-state index in [1.54, 1.807) is 24.3 Å². The van der Waals surface area contributed by atoms with Crippen molar-refractivity contribution in [2.45, 2.75) is 67.3 Å². The van der Waals surface area contributed by atoms with Gasteiger partial charge < -0.3 is 9.88 Å². The van der Waals surface area contributed by atoms with Crippen LogP contribution >= 0.6 is 11.8 Å². The lowest BCUT2D eigenvalue weighted by Gasteiger charge is -2.16. The van der Waals surface area contributed by atoms with Gasteiger partial charge in [-0.3, -0.25) is 4.79 Å². The minimum atomic E-state index is -3.45. The minimum Gasteiger partial charge on any atom is -0.325 e. The van der Waals surface area contributed by atoms with Crippen LogP contribution in [0.5, 0.6) is 0 Å². The maximum absolute atomic E-state index is 12.6. The molecular weight excluding hydrogens is 422 g/mol. The number of nitrogens with zero attached hydrogens (tertiary/aromatic N) is 4. The molecule has 10 heteroatoms. The van der Waals surface area contributed by atoms with Crippen LogP contribution in [-0.4, -0.2) is 51.7 Å². The van der Waals surface area contributed by atoms with Gasteiger partial charge >= 0.3 is 0 Å². The maximum atomic E-state index is 12.6. The van der Waals surface area contributed by atoms with Crippen molar-refractivity contribution in [2.75, 3.05) is 18.4 Å². The molecule has 0 radical (unpaired) electrons. The van der Waals surface area contributed by atoms with Gasteiger partial charge in [0.25, 0.3) is 0 Å². The minimum absolute atomic E-state index is 0.159. The van der Waals surface area contributed by atoms with Gasteiger partial charge in [0.1, 0.15) is 5.82 Å². The van der Waals surface area contributed by atoms with E-state index >= 15 is 0 Å².